The zero-order valence-corrected chi connectivity index (χ0v) is 15.4. The van der Waals surface area contributed by atoms with E-state index in [1.807, 2.05) is 19.0 Å². The van der Waals surface area contributed by atoms with Crippen molar-refractivity contribution in [2.45, 2.75) is 59.9 Å². The molecule has 120 valence electrons. The van der Waals surface area contributed by atoms with E-state index in [4.69, 9.17) is 20.4 Å². The van der Waals surface area contributed by atoms with Crippen molar-refractivity contribution in [3.05, 3.63) is 0 Å². The number of rotatable bonds is 2. The molecule has 0 amide bonds. The number of hydrogen-bond acceptors (Lipinski definition) is 5. The van der Waals surface area contributed by atoms with Crippen molar-refractivity contribution in [2.24, 2.45) is 0 Å². The predicted molar refractivity (Wildman–Crippen MR) is 77.7 cm³/mol. The van der Waals surface area contributed by atoms with Crippen molar-refractivity contribution in [1.29, 1.82) is 0 Å². The molecular weight excluding hydrogens is 282 g/mol. The molecule has 0 radical (unpaired) electrons. The average Bonchev–Trinajstić information content (AvgIpc) is 1.98. The minimum Gasteiger partial charge on any atom is -0.395 e. The van der Waals surface area contributed by atoms with E-state index in [-0.39, 0.29) is 46.6 Å². The fourth-order valence-corrected chi connectivity index (χ4v) is 0.200. The fourth-order valence-electron chi connectivity index (χ4n) is 0.200. The first-order chi connectivity index (χ1) is 7.97. The fraction of sp³-hybridized carbons (Fsp3) is 1.00. The Labute approximate surface area is 134 Å². The summed E-state index contributed by atoms with van der Waals surface area (Å²) >= 11 is 0. The summed E-state index contributed by atoms with van der Waals surface area (Å²) in [6.45, 7) is 11.4. The molecule has 0 atom stereocenters. The van der Waals surface area contributed by atoms with Crippen molar-refractivity contribution in [2.75, 3.05) is 27.2 Å². The van der Waals surface area contributed by atoms with Crippen molar-refractivity contribution in [3.63, 3.8) is 0 Å². The molecule has 0 fully saturated rings. The maximum Gasteiger partial charge on any atom is 0.0558 e. The Morgan fingerprint density at radius 2 is 0.895 bits per heavy atom. The van der Waals surface area contributed by atoms with Crippen LogP contribution in [0, 0.1) is 0 Å². The number of aliphatic hydroxyl groups is 4. The Kier molecular flexibility index (Phi) is 45.1. The van der Waals surface area contributed by atoms with Crippen molar-refractivity contribution in [3.8, 4) is 0 Å². The summed E-state index contributed by atoms with van der Waals surface area (Å²) < 4.78 is 0. The Morgan fingerprint density at radius 1 is 0.737 bits per heavy atom. The first-order valence-electron chi connectivity index (χ1n) is 6.27. The van der Waals surface area contributed by atoms with Crippen LogP contribution >= 0.6 is 0 Å². The molecule has 0 aliphatic heterocycles. The van der Waals surface area contributed by atoms with Gasteiger partial charge < -0.3 is 25.3 Å². The molecule has 0 heterocycles. The summed E-state index contributed by atoms with van der Waals surface area (Å²) in [4.78, 5) is 1.93. The van der Waals surface area contributed by atoms with Gasteiger partial charge in [0.1, 0.15) is 0 Å². The normalized spacial score (nSPS) is 8.84. The van der Waals surface area contributed by atoms with E-state index >= 15 is 0 Å². The van der Waals surface area contributed by atoms with Crippen LogP contribution in [0.5, 0.6) is 0 Å². The van der Waals surface area contributed by atoms with Gasteiger partial charge in [-0.05, 0) is 55.6 Å². The summed E-state index contributed by atoms with van der Waals surface area (Å²) in [6, 6.07) is 0. The van der Waals surface area contributed by atoms with Crippen LogP contribution in [0.15, 0.2) is 0 Å². The largest absolute Gasteiger partial charge is 0.395 e. The topological polar surface area (TPSA) is 84.2 Å². The number of nitrogens with zero attached hydrogens (tertiary/aromatic N) is 1. The van der Waals surface area contributed by atoms with E-state index in [1.165, 1.54) is 0 Å². The second-order valence-corrected chi connectivity index (χ2v) is 4.81. The first-order valence-corrected chi connectivity index (χ1v) is 6.27. The summed E-state index contributed by atoms with van der Waals surface area (Å²) in [7, 11) is 3.85. The second-order valence-electron chi connectivity index (χ2n) is 4.81. The number of hydrogen-bond donors (Lipinski definition) is 4. The van der Waals surface area contributed by atoms with Gasteiger partial charge in [0.05, 0.1) is 6.61 Å². The Morgan fingerprint density at radius 3 is 0.895 bits per heavy atom. The van der Waals surface area contributed by atoms with E-state index < -0.39 is 0 Å². The summed E-state index contributed by atoms with van der Waals surface area (Å²) in [5.74, 6) is 0. The van der Waals surface area contributed by atoms with Gasteiger partial charge >= 0.3 is 0 Å². The van der Waals surface area contributed by atoms with Crippen LogP contribution < -0.4 is 0 Å². The van der Waals surface area contributed by atoms with Gasteiger partial charge in [-0.2, -0.15) is 0 Å². The standard InChI is InChI=1S/C4H11NO.3C3H8O.Ti/c1-5(2)3-4-6;3*1-3(2)4;/h6H,3-4H2,1-2H3;3*3-4H,1-2H3;. The van der Waals surface area contributed by atoms with Crippen LogP contribution in [0.25, 0.3) is 0 Å². The van der Waals surface area contributed by atoms with Gasteiger partial charge in [-0.15, -0.1) is 0 Å². The zero-order chi connectivity index (χ0) is 15.7. The molecule has 5 nitrogen and oxygen atoms in total. The van der Waals surface area contributed by atoms with Gasteiger partial charge in [-0.25, -0.2) is 0 Å². The third kappa shape index (κ3) is 409. The van der Waals surface area contributed by atoms with Gasteiger partial charge in [0.15, 0.2) is 0 Å². The van der Waals surface area contributed by atoms with Crippen LogP contribution in [-0.4, -0.2) is 70.9 Å². The Balaban J connectivity index is -0.0000000459. The molecule has 0 saturated heterocycles. The van der Waals surface area contributed by atoms with Gasteiger partial charge in [0.2, 0.25) is 0 Å². The van der Waals surface area contributed by atoms with E-state index in [2.05, 4.69) is 0 Å². The molecule has 0 rings (SSSR count). The maximum atomic E-state index is 8.20. The molecule has 0 bridgehead atoms. The molecule has 6 heteroatoms. The van der Waals surface area contributed by atoms with E-state index in [9.17, 15) is 0 Å². The second kappa shape index (κ2) is 27.0. The molecule has 0 spiro atoms. The van der Waals surface area contributed by atoms with E-state index in [0.717, 1.165) is 6.54 Å². The quantitative estimate of drug-likeness (QED) is 0.564. The summed E-state index contributed by atoms with van der Waals surface area (Å²) in [5.41, 5.74) is 0. The minimum atomic E-state index is -0.167. The van der Waals surface area contributed by atoms with Gasteiger partial charge in [0, 0.05) is 46.6 Å². The van der Waals surface area contributed by atoms with Crippen molar-refractivity contribution >= 4 is 0 Å². The van der Waals surface area contributed by atoms with Crippen LogP contribution in [-0.2, 0) is 21.7 Å². The Hall–Kier alpha value is 0.514. The molecule has 4 N–H and O–H groups in total. The molecule has 0 aromatic rings. The third-order valence-corrected chi connectivity index (χ3v) is 0.547. The monoisotopic (exact) mass is 317 g/mol. The minimum absolute atomic E-state index is 0. The predicted octanol–water partition coefficient (Wildman–Crippen LogP) is 0.699. The number of likely N-dealkylation sites (N-methyl/N-ethyl adjacent to an activating group) is 1. The number of aliphatic hydroxyl groups excluding tert-OH is 4. The molecule has 0 unspecified atom stereocenters. The van der Waals surface area contributed by atoms with Gasteiger partial charge in [-0.1, -0.05) is 0 Å². The van der Waals surface area contributed by atoms with Gasteiger partial charge in [0.25, 0.3) is 0 Å². The average molecular weight is 317 g/mol. The third-order valence-electron chi connectivity index (χ3n) is 0.547. The van der Waals surface area contributed by atoms with Crippen molar-refractivity contribution in [1.82, 2.24) is 4.90 Å². The van der Waals surface area contributed by atoms with Crippen molar-refractivity contribution < 1.29 is 42.1 Å². The van der Waals surface area contributed by atoms with Crippen LogP contribution in [0.4, 0.5) is 0 Å². The molecule has 0 aliphatic rings. The molecule has 0 aromatic carbocycles. The molecular formula is C13H35NO4Ti. The van der Waals surface area contributed by atoms with Crippen LogP contribution in [0.2, 0.25) is 0 Å². The smallest absolute Gasteiger partial charge is 0.0558 e. The van der Waals surface area contributed by atoms with Gasteiger partial charge in [-0.3, -0.25) is 0 Å². The zero-order valence-electron chi connectivity index (χ0n) is 13.9. The molecule has 0 aliphatic carbocycles. The molecule has 19 heavy (non-hydrogen) atoms. The maximum absolute atomic E-state index is 8.20. The summed E-state index contributed by atoms with van der Waals surface area (Å²) in [5, 5.41) is 32.4. The van der Waals surface area contributed by atoms with E-state index in [1.54, 1.807) is 41.5 Å². The van der Waals surface area contributed by atoms with Crippen LogP contribution in [0.3, 0.4) is 0 Å². The Bertz CT molecular complexity index is 101. The first kappa shape index (κ1) is 31.8. The van der Waals surface area contributed by atoms with E-state index in [0.29, 0.717) is 0 Å². The summed E-state index contributed by atoms with van der Waals surface area (Å²) in [6.07, 6.45) is -0.500. The SMILES string of the molecule is CC(C)O.CC(C)O.CC(C)O.CN(C)CCO.[Ti]. The molecule has 0 saturated carbocycles. The van der Waals surface area contributed by atoms with Crippen LogP contribution in [0.1, 0.15) is 41.5 Å². The molecule has 0 aromatic heterocycles.